The molecule has 0 radical (unpaired) electrons. The van der Waals surface area contributed by atoms with Gasteiger partial charge < -0.3 is 10.1 Å². The molecule has 28 heavy (non-hydrogen) atoms. The first-order valence-electron chi connectivity index (χ1n) is 8.36. The number of hydrogen-bond donors (Lipinski definition) is 1. The van der Waals surface area contributed by atoms with E-state index in [1.807, 2.05) is 18.2 Å². The van der Waals surface area contributed by atoms with Crippen LogP contribution in [0.4, 0.5) is 5.69 Å². The zero-order valence-corrected chi connectivity index (χ0v) is 16.1. The van der Waals surface area contributed by atoms with Crippen molar-refractivity contribution >= 4 is 27.5 Å². The van der Waals surface area contributed by atoms with E-state index >= 15 is 0 Å². The summed E-state index contributed by atoms with van der Waals surface area (Å²) in [6.07, 6.45) is 3.45. The summed E-state index contributed by atoms with van der Waals surface area (Å²) in [5.41, 5.74) is 1.24. The first kappa shape index (κ1) is 17.9. The SMILES string of the molecule is O=C(Nc1ccc(Oc2ccc(-n3cccn3)nn2)cc1)c1cccc(Br)c1. The molecule has 138 valence electrons. The first-order chi connectivity index (χ1) is 13.7. The molecule has 1 N–H and O–H groups in total. The lowest BCUT2D eigenvalue weighted by molar-refractivity contribution is 0.102. The highest BCUT2D eigenvalue weighted by Gasteiger charge is 2.07. The monoisotopic (exact) mass is 435 g/mol. The Morgan fingerprint density at radius 3 is 2.54 bits per heavy atom. The van der Waals surface area contributed by atoms with Crippen molar-refractivity contribution < 1.29 is 9.53 Å². The predicted molar refractivity (Wildman–Crippen MR) is 108 cm³/mol. The Labute approximate surface area is 169 Å². The molecule has 0 saturated carbocycles. The van der Waals surface area contributed by atoms with Gasteiger partial charge in [0.1, 0.15) is 5.75 Å². The number of aromatic nitrogens is 4. The second-order valence-electron chi connectivity index (χ2n) is 5.77. The topological polar surface area (TPSA) is 81.9 Å². The number of rotatable bonds is 5. The van der Waals surface area contributed by atoms with Gasteiger partial charge in [0.2, 0.25) is 5.88 Å². The number of amides is 1. The van der Waals surface area contributed by atoms with Crippen molar-refractivity contribution in [3.8, 4) is 17.4 Å². The van der Waals surface area contributed by atoms with Crippen molar-refractivity contribution in [3.05, 3.63) is 89.2 Å². The van der Waals surface area contributed by atoms with E-state index in [1.54, 1.807) is 65.6 Å². The summed E-state index contributed by atoms with van der Waals surface area (Å²) in [5, 5.41) is 15.1. The van der Waals surface area contributed by atoms with Gasteiger partial charge in [0.05, 0.1) is 0 Å². The summed E-state index contributed by atoms with van der Waals surface area (Å²) in [6.45, 7) is 0. The van der Waals surface area contributed by atoms with Gasteiger partial charge in [-0.05, 0) is 54.6 Å². The predicted octanol–water partition coefficient (Wildman–Crippen LogP) is 4.47. The highest BCUT2D eigenvalue weighted by Crippen LogP contribution is 2.22. The van der Waals surface area contributed by atoms with E-state index in [9.17, 15) is 4.79 Å². The number of nitrogens with one attached hydrogen (secondary N) is 1. The van der Waals surface area contributed by atoms with Gasteiger partial charge in [-0.15, -0.1) is 10.2 Å². The zero-order valence-electron chi connectivity index (χ0n) is 14.5. The molecule has 0 unspecified atom stereocenters. The average molecular weight is 436 g/mol. The lowest BCUT2D eigenvalue weighted by Crippen LogP contribution is -2.11. The molecule has 0 aliphatic carbocycles. The highest BCUT2D eigenvalue weighted by atomic mass is 79.9. The van der Waals surface area contributed by atoms with Crippen molar-refractivity contribution in [2.24, 2.45) is 0 Å². The number of benzene rings is 2. The Hall–Kier alpha value is -3.52. The second-order valence-corrected chi connectivity index (χ2v) is 6.69. The number of halogens is 1. The van der Waals surface area contributed by atoms with Crippen molar-refractivity contribution in [1.29, 1.82) is 0 Å². The van der Waals surface area contributed by atoms with Gasteiger partial charge in [-0.25, -0.2) is 4.68 Å². The fourth-order valence-electron chi connectivity index (χ4n) is 2.45. The van der Waals surface area contributed by atoms with Gasteiger partial charge in [0.25, 0.3) is 5.91 Å². The van der Waals surface area contributed by atoms with E-state index < -0.39 is 0 Å². The lowest BCUT2D eigenvalue weighted by atomic mass is 10.2. The van der Waals surface area contributed by atoms with Gasteiger partial charge in [0, 0.05) is 34.2 Å². The summed E-state index contributed by atoms with van der Waals surface area (Å²) in [6, 6.07) is 19.5. The normalized spacial score (nSPS) is 10.5. The number of anilines is 1. The minimum atomic E-state index is -0.185. The highest BCUT2D eigenvalue weighted by molar-refractivity contribution is 9.10. The molecule has 1 amide bonds. The molecule has 0 aliphatic heterocycles. The molecular formula is C20H14BrN5O2. The Morgan fingerprint density at radius 2 is 1.86 bits per heavy atom. The molecule has 8 heteroatoms. The number of ether oxygens (including phenoxy) is 1. The molecule has 7 nitrogen and oxygen atoms in total. The van der Waals surface area contributed by atoms with Crippen LogP contribution in [0.2, 0.25) is 0 Å². The second kappa shape index (κ2) is 8.01. The van der Waals surface area contributed by atoms with Gasteiger partial charge in [0.15, 0.2) is 5.82 Å². The standard InChI is InChI=1S/C20H14BrN5O2/c21-15-4-1-3-14(13-15)20(27)23-16-5-7-17(8-6-16)28-19-10-9-18(24-25-19)26-12-2-11-22-26/h1-13H,(H,23,27). The van der Waals surface area contributed by atoms with Crippen LogP contribution < -0.4 is 10.1 Å². The van der Waals surface area contributed by atoms with Gasteiger partial charge >= 0.3 is 0 Å². The summed E-state index contributed by atoms with van der Waals surface area (Å²) in [7, 11) is 0. The number of carbonyl (C=O) groups excluding carboxylic acids is 1. The molecular weight excluding hydrogens is 422 g/mol. The van der Waals surface area contributed by atoms with Gasteiger partial charge in [-0.1, -0.05) is 22.0 Å². The lowest BCUT2D eigenvalue weighted by Gasteiger charge is -2.08. The molecule has 0 atom stereocenters. The molecule has 0 bridgehead atoms. The average Bonchev–Trinajstić information content (AvgIpc) is 3.25. The summed E-state index contributed by atoms with van der Waals surface area (Å²) >= 11 is 3.36. The van der Waals surface area contributed by atoms with E-state index in [-0.39, 0.29) is 5.91 Å². The minimum Gasteiger partial charge on any atom is -0.438 e. The smallest absolute Gasteiger partial charge is 0.255 e. The maximum Gasteiger partial charge on any atom is 0.255 e. The van der Waals surface area contributed by atoms with Crippen LogP contribution in [0.5, 0.6) is 11.6 Å². The maximum absolute atomic E-state index is 12.3. The van der Waals surface area contributed by atoms with Crippen molar-refractivity contribution in [2.45, 2.75) is 0 Å². The molecule has 2 aromatic heterocycles. The van der Waals surface area contributed by atoms with E-state index in [1.165, 1.54) is 0 Å². The zero-order chi connectivity index (χ0) is 19.3. The third kappa shape index (κ3) is 4.24. The number of hydrogen-bond acceptors (Lipinski definition) is 5. The number of nitrogens with zero attached hydrogens (tertiary/aromatic N) is 4. The quantitative estimate of drug-likeness (QED) is 0.499. The van der Waals surface area contributed by atoms with E-state index in [2.05, 4.69) is 36.5 Å². The molecule has 4 rings (SSSR count). The van der Waals surface area contributed by atoms with Crippen LogP contribution in [-0.4, -0.2) is 25.9 Å². The van der Waals surface area contributed by atoms with Crippen LogP contribution in [0.25, 0.3) is 5.82 Å². The molecule has 0 spiro atoms. The Balaban J connectivity index is 1.40. The largest absolute Gasteiger partial charge is 0.438 e. The van der Waals surface area contributed by atoms with Crippen LogP contribution in [0, 0.1) is 0 Å². The molecule has 0 saturated heterocycles. The van der Waals surface area contributed by atoms with Crippen LogP contribution in [0.1, 0.15) is 10.4 Å². The third-order valence-electron chi connectivity index (χ3n) is 3.79. The molecule has 2 heterocycles. The Kier molecular flexibility index (Phi) is 5.11. The maximum atomic E-state index is 12.3. The van der Waals surface area contributed by atoms with Crippen LogP contribution in [-0.2, 0) is 0 Å². The Bertz CT molecular complexity index is 1080. The summed E-state index contributed by atoms with van der Waals surface area (Å²) < 4.78 is 8.15. The fourth-order valence-corrected chi connectivity index (χ4v) is 2.85. The first-order valence-corrected chi connectivity index (χ1v) is 9.15. The van der Waals surface area contributed by atoms with Crippen LogP contribution >= 0.6 is 15.9 Å². The summed E-state index contributed by atoms with van der Waals surface area (Å²) in [5.74, 6) is 1.36. The third-order valence-corrected chi connectivity index (χ3v) is 4.28. The van der Waals surface area contributed by atoms with Crippen LogP contribution in [0.3, 0.4) is 0 Å². The fraction of sp³-hybridized carbons (Fsp3) is 0. The van der Waals surface area contributed by atoms with E-state index in [0.717, 1.165) is 4.47 Å². The molecule has 0 fully saturated rings. The number of carbonyl (C=O) groups is 1. The van der Waals surface area contributed by atoms with E-state index in [4.69, 9.17) is 4.74 Å². The molecule has 2 aromatic carbocycles. The molecule has 4 aromatic rings. The molecule has 0 aliphatic rings. The minimum absolute atomic E-state index is 0.185. The Morgan fingerprint density at radius 1 is 1.00 bits per heavy atom. The van der Waals surface area contributed by atoms with Crippen molar-refractivity contribution in [2.75, 3.05) is 5.32 Å². The van der Waals surface area contributed by atoms with Crippen molar-refractivity contribution in [1.82, 2.24) is 20.0 Å². The van der Waals surface area contributed by atoms with Crippen LogP contribution in [0.15, 0.2) is 83.6 Å². The van der Waals surface area contributed by atoms with E-state index in [0.29, 0.717) is 28.7 Å². The van der Waals surface area contributed by atoms with Gasteiger partial charge in [-0.2, -0.15) is 5.10 Å². The summed E-state index contributed by atoms with van der Waals surface area (Å²) in [4.78, 5) is 12.3. The van der Waals surface area contributed by atoms with Gasteiger partial charge in [-0.3, -0.25) is 4.79 Å². The van der Waals surface area contributed by atoms with Crippen molar-refractivity contribution in [3.63, 3.8) is 0 Å².